The fourth-order valence-corrected chi connectivity index (χ4v) is 2.86. The summed E-state index contributed by atoms with van der Waals surface area (Å²) >= 11 is 0. The van der Waals surface area contributed by atoms with Crippen LogP contribution in [0.25, 0.3) is 5.52 Å². The van der Waals surface area contributed by atoms with Crippen molar-refractivity contribution in [3.05, 3.63) is 59.7 Å². The molecule has 0 fully saturated rings. The average molecular weight is 380 g/mol. The minimum absolute atomic E-state index is 0.0155. The molecule has 0 aliphatic carbocycles. The van der Waals surface area contributed by atoms with Crippen LogP contribution in [0.15, 0.2) is 42.6 Å². The maximum atomic E-state index is 12.9. The summed E-state index contributed by atoms with van der Waals surface area (Å²) in [5.74, 6) is -0.0408. The highest BCUT2D eigenvalue weighted by molar-refractivity contribution is 6.06. The van der Waals surface area contributed by atoms with Crippen molar-refractivity contribution in [3.8, 4) is 5.75 Å². The molecular formula is C21H24N4O3. The Kier molecular flexibility index (Phi) is 5.63. The van der Waals surface area contributed by atoms with E-state index in [0.29, 0.717) is 17.0 Å². The van der Waals surface area contributed by atoms with E-state index in [1.807, 2.05) is 39.0 Å². The molecule has 1 aromatic carbocycles. The second-order valence-corrected chi connectivity index (χ2v) is 6.68. The van der Waals surface area contributed by atoms with E-state index in [2.05, 4.69) is 15.6 Å². The third-order valence-corrected chi connectivity index (χ3v) is 4.56. The highest BCUT2D eigenvalue weighted by atomic mass is 16.5. The van der Waals surface area contributed by atoms with Crippen molar-refractivity contribution in [1.29, 1.82) is 0 Å². The van der Waals surface area contributed by atoms with Gasteiger partial charge in [-0.1, -0.05) is 19.1 Å². The molecule has 0 aliphatic heterocycles. The summed E-state index contributed by atoms with van der Waals surface area (Å²) in [7, 11) is 1.54. The number of nitrogens with zero attached hydrogens (tertiary/aromatic N) is 2. The number of carbonyl (C=O) groups is 2. The van der Waals surface area contributed by atoms with Crippen LogP contribution in [0.5, 0.6) is 5.75 Å². The van der Waals surface area contributed by atoms with Gasteiger partial charge in [-0.15, -0.1) is 0 Å². The van der Waals surface area contributed by atoms with Crippen molar-refractivity contribution in [1.82, 2.24) is 14.7 Å². The Hall–Kier alpha value is -3.35. The third kappa shape index (κ3) is 3.83. The molecule has 0 bridgehead atoms. The molecule has 0 aliphatic rings. The molecule has 0 spiro atoms. The van der Waals surface area contributed by atoms with E-state index in [-0.39, 0.29) is 23.5 Å². The van der Waals surface area contributed by atoms with Gasteiger partial charge >= 0.3 is 0 Å². The van der Waals surface area contributed by atoms with Crippen molar-refractivity contribution in [3.63, 3.8) is 0 Å². The van der Waals surface area contributed by atoms with Gasteiger partial charge in [-0.05, 0) is 50.1 Å². The minimum Gasteiger partial charge on any atom is -0.495 e. The minimum atomic E-state index is -0.423. The Morgan fingerprint density at radius 2 is 2.00 bits per heavy atom. The number of benzene rings is 1. The maximum Gasteiger partial charge on any atom is 0.292 e. The van der Waals surface area contributed by atoms with Crippen molar-refractivity contribution in [2.24, 2.45) is 0 Å². The van der Waals surface area contributed by atoms with Crippen LogP contribution < -0.4 is 15.4 Å². The molecule has 2 N–H and O–H groups in total. The summed E-state index contributed by atoms with van der Waals surface area (Å²) < 4.78 is 6.93. The summed E-state index contributed by atoms with van der Waals surface area (Å²) in [6.45, 7) is 5.84. The molecular weight excluding hydrogens is 356 g/mol. The van der Waals surface area contributed by atoms with Gasteiger partial charge in [0.15, 0.2) is 5.69 Å². The molecule has 7 nitrogen and oxygen atoms in total. The first kappa shape index (κ1) is 19.4. The number of nitrogens with one attached hydrogen (secondary N) is 2. The first-order chi connectivity index (χ1) is 13.4. The summed E-state index contributed by atoms with van der Waals surface area (Å²) in [5.41, 5.74) is 2.33. The van der Waals surface area contributed by atoms with Gasteiger partial charge in [-0.3, -0.25) is 14.0 Å². The van der Waals surface area contributed by atoms with Gasteiger partial charge in [0, 0.05) is 12.2 Å². The zero-order valence-electron chi connectivity index (χ0n) is 16.4. The standard InChI is InChI=1S/C21H24N4O3/c1-5-14(3)22-20(26)18-16-8-6-7-11-25(16)19(24-18)21(27)23-15-12-13(2)9-10-17(15)28-4/h6-12,14H,5H2,1-4H3,(H,22,26)(H,23,27). The summed E-state index contributed by atoms with van der Waals surface area (Å²) in [6.07, 6.45) is 2.52. The largest absolute Gasteiger partial charge is 0.495 e. The number of rotatable bonds is 6. The normalized spacial score (nSPS) is 11.9. The highest BCUT2D eigenvalue weighted by Gasteiger charge is 2.22. The number of anilines is 1. The van der Waals surface area contributed by atoms with Crippen LogP contribution in [0.4, 0.5) is 5.69 Å². The lowest BCUT2D eigenvalue weighted by molar-refractivity contribution is 0.0936. The second kappa shape index (κ2) is 8.12. The molecule has 1 atom stereocenters. The molecule has 0 saturated carbocycles. The van der Waals surface area contributed by atoms with Gasteiger partial charge in [0.25, 0.3) is 11.8 Å². The molecule has 2 amide bonds. The second-order valence-electron chi connectivity index (χ2n) is 6.68. The van der Waals surface area contributed by atoms with Crippen LogP contribution in [0.2, 0.25) is 0 Å². The van der Waals surface area contributed by atoms with Gasteiger partial charge in [0.05, 0.1) is 18.3 Å². The van der Waals surface area contributed by atoms with E-state index >= 15 is 0 Å². The number of pyridine rings is 1. The predicted molar refractivity (Wildman–Crippen MR) is 108 cm³/mol. The van der Waals surface area contributed by atoms with Crippen molar-refractivity contribution in [2.75, 3.05) is 12.4 Å². The zero-order valence-corrected chi connectivity index (χ0v) is 16.4. The molecule has 1 unspecified atom stereocenters. The number of ether oxygens (including phenoxy) is 1. The number of aryl methyl sites for hydroxylation is 1. The number of carbonyl (C=O) groups excluding carboxylic acids is 2. The van der Waals surface area contributed by atoms with Gasteiger partial charge in [0.1, 0.15) is 5.75 Å². The number of fused-ring (bicyclic) bond motifs is 1. The Morgan fingerprint density at radius 3 is 2.71 bits per heavy atom. The predicted octanol–water partition coefficient (Wildman–Crippen LogP) is 3.43. The average Bonchev–Trinajstić information content (AvgIpc) is 3.08. The Balaban J connectivity index is 1.98. The summed E-state index contributed by atoms with van der Waals surface area (Å²) in [4.78, 5) is 29.9. The van der Waals surface area contributed by atoms with Crippen LogP contribution in [0, 0.1) is 6.92 Å². The molecule has 0 saturated heterocycles. The number of hydrogen-bond donors (Lipinski definition) is 2. The van der Waals surface area contributed by atoms with Crippen LogP contribution in [0.3, 0.4) is 0 Å². The van der Waals surface area contributed by atoms with E-state index in [1.54, 1.807) is 35.9 Å². The van der Waals surface area contributed by atoms with E-state index in [1.165, 1.54) is 0 Å². The number of imidazole rings is 1. The SMILES string of the molecule is CCC(C)NC(=O)c1nc(C(=O)Nc2cc(C)ccc2OC)n2ccccc12. The smallest absolute Gasteiger partial charge is 0.292 e. The van der Waals surface area contributed by atoms with Crippen molar-refractivity contribution < 1.29 is 14.3 Å². The van der Waals surface area contributed by atoms with Gasteiger partial charge in [-0.2, -0.15) is 0 Å². The third-order valence-electron chi connectivity index (χ3n) is 4.56. The van der Waals surface area contributed by atoms with Crippen LogP contribution in [-0.4, -0.2) is 34.4 Å². The lowest BCUT2D eigenvalue weighted by Gasteiger charge is -2.10. The molecule has 2 aromatic heterocycles. The number of aromatic nitrogens is 2. The topological polar surface area (TPSA) is 84.7 Å². The number of amides is 2. The highest BCUT2D eigenvalue weighted by Crippen LogP contribution is 2.26. The van der Waals surface area contributed by atoms with E-state index in [9.17, 15) is 9.59 Å². The molecule has 2 heterocycles. The first-order valence-corrected chi connectivity index (χ1v) is 9.18. The quantitative estimate of drug-likeness (QED) is 0.686. The zero-order chi connectivity index (χ0) is 20.3. The molecule has 3 rings (SSSR count). The Morgan fingerprint density at radius 1 is 1.21 bits per heavy atom. The van der Waals surface area contributed by atoms with Gasteiger partial charge in [0.2, 0.25) is 5.82 Å². The molecule has 146 valence electrons. The van der Waals surface area contributed by atoms with Crippen molar-refractivity contribution in [2.45, 2.75) is 33.2 Å². The molecule has 28 heavy (non-hydrogen) atoms. The summed E-state index contributed by atoms with van der Waals surface area (Å²) in [6, 6.07) is 10.9. The molecule has 0 radical (unpaired) electrons. The van der Waals surface area contributed by atoms with Crippen molar-refractivity contribution >= 4 is 23.0 Å². The van der Waals surface area contributed by atoms with Gasteiger partial charge in [-0.25, -0.2) is 4.98 Å². The van der Waals surface area contributed by atoms with Crippen LogP contribution in [0.1, 0.15) is 46.9 Å². The monoisotopic (exact) mass is 380 g/mol. The van der Waals surface area contributed by atoms with Crippen LogP contribution >= 0.6 is 0 Å². The fourth-order valence-electron chi connectivity index (χ4n) is 2.86. The molecule has 7 heteroatoms. The Bertz CT molecular complexity index is 1030. The maximum absolute atomic E-state index is 12.9. The fraction of sp³-hybridized carbons (Fsp3) is 0.286. The summed E-state index contributed by atoms with van der Waals surface area (Å²) in [5, 5.41) is 5.74. The van der Waals surface area contributed by atoms with Gasteiger partial charge < -0.3 is 15.4 Å². The lowest BCUT2D eigenvalue weighted by atomic mass is 10.2. The molecule has 3 aromatic rings. The van der Waals surface area contributed by atoms with Crippen LogP contribution in [-0.2, 0) is 0 Å². The Labute approximate surface area is 163 Å². The first-order valence-electron chi connectivity index (χ1n) is 9.18. The van der Waals surface area contributed by atoms with E-state index < -0.39 is 5.91 Å². The van der Waals surface area contributed by atoms with E-state index in [0.717, 1.165) is 12.0 Å². The number of hydrogen-bond acceptors (Lipinski definition) is 4. The van der Waals surface area contributed by atoms with E-state index in [4.69, 9.17) is 4.74 Å². The lowest BCUT2D eigenvalue weighted by Crippen LogP contribution is -2.32. The number of methoxy groups -OCH3 is 1.